The summed E-state index contributed by atoms with van der Waals surface area (Å²) in [4.78, 5) is 24.9. The SMILES string of the molecule is CCOC(CN1C(=O)C(C(C)C)Oc2ccc([N+](=O)[O-])cc21)OCC. The van der Waals surface area contributed by atoms with Crippen LogP contribution in [0.3, 0.4) is 0 Å². The molecular weight excluding hydrogens is 328 g/mol. The zero-order valence-corrected chi connectivity index (χ0v) is 14.9. The summed E-state index contributed by atoms with van der Waals surface area (Å²) in [6.07, 6.45) is -1.27. The number of nitro benzene ring substituents is 1. The van der Waals surface area contributed by atoms with Gasteiger partial charge in [-0.15, -0.1) is 0 Å². The molecule has 138 valence electrons. The van der Waals surface area contributed by atoms with E-state index in [4.69, 9.17) is 14.2 Å². The molecule has 1 aliphatic rings. The third-order valence-electron chi connectivity index (χ3n) is 3.85. The van der Waals surface area contributed by atoms with E-state index in [-0.39, 0.29) is 24.1 Å². The molecule has 2 rings (SSSR count). The maximum atomic E-state index is 12.9. The second-order valence-corrected chi connectivity index (χ2v) is 5.98. The molecule has 25 heavy (non-hydrogen) atoms. The minimum absolute atomic E-state index is 0.0454. The van der Waals surface area contributed by atoms with E-state index in [1.807, 2.05) is 27.7 Å². The molecule has 0 aliphatic carbocycles. The Morgan fingerprint density at radius 1 is 1.28 bits per heavy atom. The Bertz CT molecular complexity index is 628. The van der Waals surface area contributed by atoms with Crippen LogP contribution in [-0.2, 0) is 14.3 Å². The van der Waals surface area contributed by atoms with Gasteiger partial charge in [0.05, 0.1) is 17.2 Å². The Balaban J connectivity index is 2.41. The van der Waals surface area contributed by atoms with Crippen molar-refractivity contribution >= 4 is 17.3 Å². The van der Waals surface area contributed by atoms with Gasteiger partial charge in [-0.2, -0.15) is 0 Å². The van der Waals surface area contributed by atoms with Crippen molar-refractivity contribution in [3.05, 3.63) is 28.3 Å². The average molecular weight is 352 g/mol. The highest BCUT2D eigenvalue weighted by Gasteiger charge is 2.38. The molecule has 0 N–H and O–H groups in total. The van der Waals surface area contributed by atoms with Crippen molar-refractivity contribution in [2.45, 2.75) is 40.1 Å². The molecule has 0 saturated carbocycles. The quantitative estimate of drug-likeness (QED) is 0.406. The van der Waals surface area contributed by atoms with Gasteiger partial charge in [-0.25, -0.2) is 0 Å². The average Bonchev–Trinajstić information content (AvgIpc) is 2.56. The highest BCUT2D eigenvalue weighted by atomic mass is 16.7. The van der Waals surface area contributed by atoms with E-state index in [1.165, 1.54) is 23.1 Å². The number of ether oxygens (including phenoxy) is 3. The molecule has 0 fully saturated rings. The minimum atomic E-state index is -0.655. The van der Waals surface area contributed by atoms with Crippen LogP contribution in [0, 0.1) is 16.0 Å². The summed E-state index contributed by atoms with van der Waals surface area (Å²) < 4.78 is 16.8. The summed E-state index contributed by atoms with van der Waals surface area (Å²) in [6, 6.07) is 4.24. The molecule has 0 aromatic heterocycles. The topological polar surface area (TPSA) is 91.1 Å². The zero-order valence-electron chi connectivity index (χ0n) is 14.9. The van der Waals surface area contributed by atoms with E-state index >= 15 is 0 Å². The summed E-state index contributed by atoms with van der Waals surface area (Å²) in [6.45, 7) is 8.45. The van der Waals surface area contributed by atoms with Crippen LogP contribution >= 0.6 is 0 Å². The Morgan fingerprint density at radius 3 is 2.44 bits per heavy atom. The standard InChI is InChI=1S/C17H24N2O6/c1-5-23-15(24-6-2)10-18-13-9-12(19(21)22)7-8-14(13)25-16(11(3)4)17(18)20/h7-9,11,15-16H,5-6,10H2,1-4H3. The van der Waals surface area contributed by atoms with Gasteiger partial charge in [-0.05, 0) is 25.8 Å². The Morgan fingerprint density at radius 2 is 1.92 bits per heavy atom. The van der Waals surface area contributed by atoms with Crippen LogP contribution < -0.4 is 9.64 Å². The normalized spacial score (nSPS) is 17.0. The molecule has 1 heterocycles. The molecule has 1 atom stereocenters. The van der Waals surface area contributed by atoms with Crippen molar-refractivity contribution in [3.63, 3.8) is 0 Å². The van der Waals surface area contributed by atoms with Gasteiger partial charge in [0.15, 0.2) is 12.4 Å². The number of hydrogen-bond donors (Lipinski definition) is 0. The monoisotopic (exact) mass is 352 g/mol. The Labute approximate surface area is 146 Å². The number of hydrogen-bond acceptors (Lipinski definition) is 6. The van der Waals surface area contributed by atoms with Gasteiger partial charge in [0.1, 0.15) is 5.75 Å². The van der Waals surface area contributed by atoms with Crippen LogP contribution in [0.2, 0.25) is 0 Å². The van der Waals surface area contributed by atoms with Crippen molar-refractivity contribution in [1.29, 1.82) is 0 Å². The van der Waals surface area contributed by atoms with E-state index in [0.29, 0.717) is 24.7 Å². The highest BCUT2D eigenvalue weighted by Crippen LogP contribution is 2.38. The number of nitro groups is 1. The first-order valence-corrected chi connectivity index (χ1v) is 8.38. The molecule has 8 nitrogen and oxygen atoms in total. The molecule has 0 spiro atoms. The first kappa shape index (κ1) is 19.1. The van der Waals surface area contributed by atoms with Gasteiger partial charge in [0.2, 0.25) is 0 Å². The summed E-state index contributed by atoms with van der Waals surface area (Å²) >= 11 is 0. The lowest BCUT2D eigenvalue weighted by Crippen LogP contribution is -2.51. The molecule has 1 unspecified atom stereocenters. The largest absolute Gasteiger partial charge is 0.478 e. The molecule has 0 bridgehead atoms. The Hall–Kier alpha value is -2.19. The number of nitrogens with zero attached hydrogens (tertiary/aromatic N) is 2. The maximum absolute atomic E-state index is 12.9. The van der Waals surface area contributed by atoms with Gasteiger partial charge >= 0.3 is 0 Å². The fourth-order valence-electron chi connectivity index (χ4n) is 2.67. The predicted molar refractivity (Wildman–Crippen MR) is 91.7 cm³/mol. The summed E-state index contributed by atoms with van der Waals surface area (Å²) in [7, 11) is 0. The van der Waals surface area contributed by atoms with Crippen LogP contribution in [-0.4, -0.2) is 43.0 Å². The van der Waals surface area contributed by atoms with E-state index in [9.17, 15) is 14.9 Å². The number of rotatable bonds is 8. The van der Waals surface area contributed by atoms with Crippen molar-refractivity contribution < 1.29 is 23.9 Å². The molecule has 0 saturated heterocycles. The lowest BCUT2D eigenvalue weighted by atomic mass is 10.0. The first-order valence-electron chi connectivity index (χ1n) is 8.38. The lowest BCUT2D eigenvalue weighted by Gasteiger charge is -2.37. The fraction of sp³-hybridized carbons (Fsp3) is 0.588. The first-order chi connectivity index (χ1) is 11.9. The zero-order chi connectivity index (χ0) is 18.6. The van der Waals surface area contributed by atoms with Gasteiger partial charge in [0.25, 0.3) is 11.6 Å². The number of anilines is 1. The van der Waals surface area contributed by atoms with Crippen LogP contribution in [0.25, 0.3) is 0 Å². The van der Waals surface area contributed by atoms with Crippen molar-refractivity contribution in [3.8, 4) is 5.75 Å². The number of non-ortho nitro benzene ring substituents is 1. The smallest absolute Gasteiger partial charge is 0.271 e. The van der Waals surface area contributed by atoms with Crippen molar-refractivity contribution in [1.82, 2.24) is 0 Å². The van der Waals surface area contributed by atoms with Gasteiger partial charge in [0, 0.05) is 25.3 Å². The molecular formula is C17H24N2O6. The molecule has 1 amide bonds. The van der Waals surface area contributed by atoms with Crippen LogP contribution in [0.15, 0.2) is 18.2 Å². The highest BCUT2D eigenvalue weighted by molar-refractivity contribution is 6.00. The molecule has 8 heteroatoms. The van der Waals surface area contributed by atoms with Crippen LogP contribution in [0.4, 0.5) is 11.4 Å². The van der Waals surface area contributed by atoms with E-state index in [0.717, 1.165) is 0 Å². The second-order valence-electron chi connectivity index (χ2n) is 5.98. The number of carbonyl (C=O) groups excluding carboxylic acids is 1. The van der Waals surface area contributed by atoms with E-state index in [2.05, 4.69) is 0 Å². The molecule has 1 aromatic rings. The molecule has 0 radical (unpaired) electrons. The summed E-state index contributed by atoms with van der Waals surface area (Å²) in [5.41, 5.74) is 0.257. The lowest BCUT2D eigenvalue weighted by molar-refractivity contribution is -0.384. The number of carbonyl (C=O) groups is 1. The number of benzene rings is 1. The second kappa shape index (κ2) is 8.26. The maximum Gasteiger partial charge on any atom is 0.271 e. The minimum Gasteiger partial charge on any atom is -0.478 e. The summed E-state index contributed by atoms with van der Waals surface area (Å²) in [5.74, 6) is 0.138. The van der Waals surface area contributed by atoms with Gasteiger partial charge in [-0.3, -0.25) is 14.9 Å². The predicted octanol–water partition coefficient (Wildman–Crippen LogP) is 2.74. The number of fused-ring (bicyclic) bond motifs is 1. The third-order valence-corrected chi connectivity index (χ3v) is 3.85. The van der Waals surface area contributed by atoms with Crippen molar-refractivity contribution in [2.24, 2.45) is 5.92 Å². The molecule has 1 aliphatic heterocycles. The van der Waals surface area contributed by atoms with Gasteiger partial charge in [-0.1, -0.05) is 13.8 Å². The van der Waals surface area contributed by atoms with Crippen LogP contribution in [0.5, 0.6) is 5.75 Å². The van der Waals surface area contributed by atoms with E-state index < -0.39 is 17.3 Å². The summed E-state index contributed by atoms with van der Waals surface area (Å²) in [5, 5.41) is 11.1. The third kappa shape index (κ3) is 4.26. The van der Waals surface area contributed by atoms with Crippen molar-refractivity contribution in [2.75, 3.05) is 24.7 Å². The van der Waals surface area contributed by atoms with E-state index in [1.54, 1.807) is 0 Å². The van der Waals surface area contributed by atoms with Crippen LogP contribution in [0.1, 0.15) is 27.7 Å². The Kier molecular flexibility index (Phi) is 6.33. The van der Waals surface area contributed by atoms with Gasteiger partial charge < -0.3 is 19.1 Å². The molecule has 1 aromatic carbocycles. The fourth-order valence-corrected chi connectivity index (χ4v) is 2.67. The number of amides is 1.